The Balaban J connectivity index is 1.46. The van der Waals surface area contributed by atoms with Crippen LogP contribution < -0.4 is 0 Å². The summed E-state index contributed by atoms with van der Waals surface area (Å²) in [5.41, 5.74) is 1.32. The summed E-state index contributed by atoms with van der Waals surface area (Å²) in [5, 5.41) is 19.6. The smallest absolute Gasteiger partial charge is 0.306 e. The van der Waals surface area contributed by atoms with Crippen LogP contribution in [0.4, 0.5) is 0 Å². The highest BCUT2D eigenvalue weighted by molar-refractivity contribution is 5.98. The molecule has 0 radical (unpaired) electrons. The van der Waals surface area contributed by atoms with Crippen LogP contribution in [0.5, 0.6) is 0 Å². The molecule has 0 amide bonds. The van der Waals surface area contributed by atoms with E-state index in [9.17, 15) is 19.5 Å². The zero-order valence-electron chi connectivity index (χ0n) is 27.8. The molecule has 1 aliphatic heterocycles. The van der Waals surface area contributed by atoms with Crippen LogP contribution in [0.1, 0.15) is 90.3 Å². The zero-order chi connectivity index (χ0) is 33.0. The van der Waals surface area contributed by atoms with Gasteiger partial charge in [0.05, 0.1) is 31.4 Å². The lowest BCUT2D eigenvalue weighted by molar-refractivity contribution is -0.204. The fourth-order valence-electron chi connectivity index (χ4n) is 8.48. The van der Waals surface area contributed by atoms with Crippen molar-refractivity contribution in [3.8, 4) is 0 Å². The summed E-state index contributed by atoms with van der Waals surface area (Å²) in [6, 6.07) is -0.0890. The second kappa shape index (κ2) is 15.5. The van der Waals surface area contributed by atoms with Crippen molar-refractivity contribution in [2.24, 2.45) is 35.5 Å². The molecule has 1 aromatic heterocycles. The summed E-state index contributed by atoms with van der Waals surface area (Å²) < 4.78 is 29.8. The number of hydrogen-bond donors (Lipinski definition) is 1. The first-order valence-corrected chi connectivity index (χ1v) is 17.0. The van der Waals surface area contributed by atoms with Gasteiger partial charge in [0, 0.05) is 33.0 Å². The van der Waals surface area contributed by atoms with Gasteiger partial charge in [0.1, 0.15) is 24.5 Å². The summed E-state index contributed by atoms with van der Waals surface area (Å²) >= 11 is 0. The number of methoxy groups -OCH3 is 2. The van der Waals surface area contributed by atoms with E-state index in [-0.39, 0.29) is 85.1 Å². The maximum absolute atomic E-state index is 14.0. The normalized spacial score (nSPS) is 34.7. The Kier molecular flexibility index (Phi) is 11.7. The summed E-state index contributed by atoms with van der Waals surface area (Å²) in [4.78, 5) is 38.8. The highest BCUT2D eigenvalue weighted by Crippen LogP contribution is 2.59. The molecule has 11 atom stereocenters. The molecular formula is C34H51N3O9. The molecule has 0 aromatic carbocycles. The van der Waals surface area contributed by atoms with Crippen molar-refractivity contribution in [3.05, 3.63) is 23.5 Å². The Morgan fingerprint density at radius 2 is 1.89 bits per heavy atom. The highest BCUT2D eigenvalue weighted by atomic mass is 16.6. The Morgan fingerprint density at radius 3 is 2.61 bits per heavy atom. The third-order valence-electron chi connectivity index (χ3n) is 10.8. The van der Waals surface area contributed by atoms with Crippen molar-refractivity contribution < 1.29 is 43.2 Å². The number of carbonyl (C=O) groups is 3. The predicted octanol–water partition coefficient (Wildman–Crippen LogP) is 3.96. The molecule has 2 unspecified atom stereocenters. The van der Waals surface area contributed by atoms with E-state index < -0.39 is 18.4 Å². The van der Waals surface area contributed by atoms with Gasteiger partial charge in [-0.15, -0.1) is 5.10 Å². The summed E-state index contributed by atoms with van der Waals surface area (Å²) in [5.74, 6) is -0.513. The Bertz CT molecular complexity index is 1250. The molecule has 0 bridgehead atoms. The van der Waals surface area contributed by atoms with Gasteiger partial charge >= 0.3 is 11.9 Å². The predicted molar refractivity (Wildman–Crippen MR) is 165 cm³/mol. The minimum Gasteiger partial charge on any atom is -0.462 e. The molecule has 2 heterocycles. The first kappa shape index (κ1) is 34.7. The number of cyclic esters (lactones) is 1. The number of nitrogens with zero attached hydrogens (tertiary/aromatic N) is 3. The SMILES string of the molecule is CC[C@H]1CCCC[C@@H](C)C(=O)C2=CC3[C@@H](C[C@@H](n4cc(COC(C)=O)nn4)[C@@H]4C[C@@H](OC(O)[C@H](COC)OC)C[C@@H]34)[C@@H]2CC(=O)O1. The van der Waals surface area contributed by atoms with Gasteiger partial charge in [0.2, 0.25) is 0 Å². The molecule has 3 fully saturated rings. The number of ketones is 1. The second-order valence-corrected chi connectivity index (χ2v) is 13.7. The van der Waals surface area contributed by atoms with E-state index in [1.807, 2.05) is 24.7 Å². The van der Waals surface area contributed by atoms with Crippen LogP contribution in [0.3, 0.4) is 0 Å². The molecule has 1 N–H and O–H groups in total. The number of rotatable bonds is 10. The number of hydrogen-bond acceptors (Lipinski definition) is 11. The zero-order valence-corrected chi connectivity index (χ0v) is 27.8. The first-order valence-electron chi connectivity index (χ1n) is 17.0. The fraction of sp³-hybridized carbons (Fsp3) is 0.794. The maximum Gasteiger partial charge on any atom is 0.306 e. The van der Waals surface area contributed by atoms with E-state index >= 15 is 0 Å². The minimum atomic E-state index is -1.16. The molecular weight excluding hydrogens is 594 g/mol. The molecule has 3 aliphatic carbocycles. The van der Waals surface area contributed by atoms with Crippen molar-refractivity contribution in [2.75, 3.05) is 20.8 Å². The molecule has 256 valence electrons. The maximum atomic E-state index is 14.0. The Morgan fingerprint density at radius 1 is 1.13 bits per heavy atom. The molecule has 12 heteroatoms. The molecule has 0 spiro atoms. The van der Waals surface area contributed by atoms with Gasteiger partial charge in [-0.25, -0.2) is 4.68 Å². The second-order valence-electron chi connectivity index (χ2n) is 13.7. The van der Waals surface area contributed by atoms with Crippen LogP contribution in [0.2, 0.25) is 0 Å². The van der Waals surface area contributed by atoms with Gasteiger partial charge in [-0.3, -0.25) is 14.4 Å². The van der Waals surface area contributed by atoms with Crippen molar-refractivity contribution in [3.63, 3.8) is 0 Å². The molecule has 1 aromatic rings. The standard InChI is InChI=1S/C34H51N3O9/c1-6-22-10-8-7-9-19(2)33(40)29-13-25-24-11-23(46-34(41)31(43-5)18-42-4)12-28(24)30(14-26(25)27(29)15-32(39)45-22)37-16-21(35-36-37)17-44-20(3)38/h13,16,19,22-28,30-31,34,41H,6-12,14-15,17-18H2,1-5H3/t19-,22+,23+,24+,25?,26-,27+,28-,30-,31+,34?/m1/s1. The van der Waals surface area contributed by atoms with Gasteiger partial charge in [-0.2, -0.15) is 0 Å². The number of Topliss-reactive ketones (excluding diaryl/α,β-unsaturated/α-hetero) is 1. The van der Waals surface area contributed by atoms with Crippen LogP contribution in [0.15, 0.2) is 17.8 Å². The fourth-order valence-corrected chi connectivity index (χ4v) is 8.48. The van der Waals surface area contributed by atoms with Crippen LogP contribution in [-0.2, 0) is 44.7 Å². The van der Waals surface area contributed by atoms with Crippen molar-refractivity contribution in [2.45, 2.75) is 116 Å². The molecule has 2 saturated carbocycles. The van der Waals surface area contributed by atoms with Gasteiger partial charge in [0.25, 0.3) is 0 Å². The Hall–Kier alpha value is -2.67. The lowest BCUT2D eigenvalue weighted by Gasteiger charge is -2.43. The molecule has 5 rings (SSSR count). The van der Waals surface area contributed by atoms with E-state index in [1.165, 1.54) is 14.0 Å². The molecule has 12 nitrogen and oxygen atoms in total. The van der Waals surface area contributed by atoms with Crippen LogP contribution in [0, 0.1) is 35.5 Å². The first-order chi connectivity index (χ1) is 22.1. The topological polar surface area (TPSA) is 148 Å². The van der Waals surface area contributed by atoms with E-state index in [0.29, 0.717) is 25.0 Å². The number of aromatic nitrogens is 3. The molecule has 1 saturated heterocycles. The van der Waals surface area contributed by atoms with E-state index in [4.69, 9.17) is 23.7 Å². The van der Waals surface area contributed by atoms with Gasteiger partial charge in [-0.1, -0.05) is 31.6 Å². The van der Waals surface area contributed by atoms with E-state index in [0.717, 1.165) is 37.7 Å². The summed E-state index contributed by atoms with van der Waals surface area (Å²) in [7, 11) is 3.06. The average Bonchev–Trinajstić information content (AvgIpc) is 3.76. The highest BCUT2D eigenvalue weighted by Gasteiger charge is 2.56. The lowest BCUT2D eigenvalue weighted by atomic mass is 9.64. The number of fused-ring (bicyclic) bond motifs is 5. The monoisotopic (exact) mass is 645 g/mol. The van der Waals surface area contributed by atoms with Gasteiger partial charge in [0.15, 0.2) is 12.1 Å². The molecule has 4 aliphatic rings. The third kappa shape index (κ3) is 7.72. The third-order valence-corrected chi connectivity index (χ3v) is 10.8. The summed E-state index contributed by atoms with van der Waals surface area (Å²) in [6.45, 7) is 5.64. The minimum absolute atomic E-state index is 0.0259. The van der Waals surface area contributed by atoms with Crippen LogP contribution >= 0.6 is 0 Å². The van der Waals surface area contributed by atoms with Crippen molar-refractivity contribution in [1.29, 1.82) is 0 Å². The van der Waals surface area contributed by atoms with Gasteiger partial charge < -0.3 is 28.8 Å². The van der Waals surface area contributed by atoms with E-state index in [2.05, 4.69) is 16.4 Å². The van der Waals surface area contributed by atoms with Crippen LogP contribution in [-0.4, -0.2) is 83.3 Å². The average molecular weight is 646 g/mol. The number of ether oxygens (including phenoxy) is 5. The number of carbonyl (C=O) groups excluding carboxylic acids is 3. The lowest BCUT2D eigenvalue weighted by Crippen LogP contribution is -2.39. The quantitative estimate of drug-likeness (QED) is 0.291. The van der Waals surface area contributed by atoms with Crippen LogP contribution in [0.25, 0.3) is 0 Å². The Labute approximate surface area is 271 Å². The number of aliphatic hydroxyl groups is 1. The van der Waals surface area contributed by atoms with Crippen molar-refractivity contribution in [1.82, 2.24) is 15.0 Å². The number of aliphatic hydroxyl groups excluding tert-OH is 1. The number of allylic oxidation sites excluding steroid dienone is 2. The largest absolute Gasteiger partial charge is 0.462 e. The summed E-state index contributed by atoms with van der Waals surface area (Å²) in [6.07, 6.45) is 8.34. The molecule has 46 heavy (non-hydrogen) atoms. The van der Waals surface area contributed by atoms with Crippen molar-refractivity contribution >= 4 is 17.7 Å². The van der Waals surface area contributed by atoms with E-state index in [1.54, 1.807) is 7.11 Å². The number of esters is 2. The van der Waals surface area contributed by atoms with Gasteiger partial charge in [-0.05, 0) is 74.2 Å².